The first-order valence-corrected chi connectivity index (χ1v) is 5.23. The van der Waals surface area contributed by atoms with E-state index in [4.69, 9.17) is 16.4 Å². The Labute approximate surface area is 99.1 Å². The fraction of sp³-hybridized carbons (Fsp3) is 0. The third-order valence-corrected chi connectivity index (χ3v) is 2.23. The summed E-state index contributed by atoms with van der Waals surface area (Å²) in [6, 6.07) is 16.8. The van der Waals surface area contributed by atoms with Crippen molar-refractivity contribution >= 4 is 17.8 Å². The number of nitrogens with zero attached hydrogens (tertiary/aromatic N) is 1. The van der Waals surface area contributed by atoms with Gasteiger partial charge in [0.25, 0.3) is 0 Å². The molecule has 2 rings (SSSR count). The van der Waals surface area contributed by atoms with Crippen LogP contribution in [0.5, 0.6) is 5.75 Å². The summed E-state index contributed by atoms with van der Waals surface area (Å²) in [6.45, 7) is 0. The molecule has 16 heavy (non-hydrogen) atoms. The smallest absolute Gasteiger partial charge is 0.157 e. The van der Waals surface area contributed by atoms with Crippen molar-refractivity contribution in [1.82, 2.24) is 0 Å². The molecule has 2 aromatic rings. The maximum absolute atomic E-state index is 5.77. The van der Waals surface area contributed by atoms with Gasteiger partial charge in [-0.25, -0.2) is 0 Å². The van der Waals surface area contributed by atoms with Gasteiger partial charge in [-0.15, -0.1) is 0 Å². The van der Waals surface area contributed by atoms with E-state index < -0.39 is 0 Å². The molecule has 0 saturated carbocycles. The first kappa shape index (κ1) is 10.7. The zero-order valence-electron chi connectivity index (χ0n) is 8.51. The van der Waals surface area contributed by atoms with Crippen LogP contribution < -0.4 is 4.84 Å². The van der Waals surface area contributed by atoms with Crippen LogP contribution in [0.1, 0.15) is 5.56 Å². The normalized spacial score (nSPS) is 10.6. The second-order valence-corrected chi connectivity index (χ2v) is 3.63. The number of hydrogen-bond acceptors (Lipinski definition) is 2. The average molecular weight is 232 g/mol. The Morgan fingerprint density at radius 3 is 2.31 bits per heavy atom. The molecule has 3 heteroatoms. The van der Waals surface area contributed by atoms with Gasteiger partial charge in [-0.1, -0.05) is 47.1 Å². The second-order valence-electron chi connectivity index (χ2n) is 3.19. The van der Waals surface area contributed by atoms with Crippen molar-refractivity contribution in [3.8, 4) is 5.75 Å². The van der Waals surface area contributed by atoms with E-state index in [-0.39, 0.29) is 0 Å². The average Bonchev–Trinajstić information content (AvgIpc) is 2.33. The van der Waals surface area contributed by atoms with Crippen molar-refractivity contribution in [1.29, 1.82) is 0 Å². The van der Waals surface area contributed by atoms with Crippen LogP contribution in [0.2, 0.25) is 5.02 Å². The predicted molar refractivity (Wildman–Crippen MR) is 66.1 cm³/mol. The molecule has 0 aliphatic heterocycles. The van der Waals surface area contributed by atoms with Gasteiger partial charge >= 0.3 is 0 Å². The maximum atomic E-state index is 5.77. The van der Waals surface area contributed by atoms with Crippen LogP contribution in [-0.4, -0.2) is 6.21 Å². The molecule has 0 unspecified atom stereocenters. The number of halogens is 1. The molecule has 2 aromatic carbocycles. The number of benzene rings is 2. The Morgan fingerprint density at radius 2 is 1.62 bits per heavy atom. The van der Waals surface area contributed by atoms with Crippen LogP contribution in [0.4, 0.5) is 0 Å². The van der Waals surface area contributed by atoms with Crippen molar-refractivity contribution in [2.45, 2.75) is 0 Å². The van der Waals surface area contributed by atoms with Crippen molar-refractivity contribution in [3.63, 3.8) is 0 Å². The van der Waals surface area contributed by atoms with Crippen molar-refractivity contribution in [2.75, 3.05) is 0 Å². The summed E-state index contributed by atoms with van der Waals surface area (Å²) in [6.07, 6.45) is 1.64. The highest BCUT2D eigenvalue weighted by Crippen LogP contribution is 2.10. The number of oxime groups is 1. The largest absolute Gasteiger partial charge is 0.357 e. The highest BCUT2D eigenvalue weighted by Gasteiger charge is 1.90. The molecule has 0 radical (unpaired) electrons. The molecule has 0 N–H and O–H groups in total. The quantitative estimate of drug-likeness (QED) is 0.582. The second kappa shape index (κ2) is 5.33. The molecule has 0 bridgehead atoms. The van der Waals surface area contributed by atoms with Crippen LogP contribution in [0, 0.1) is 0 Å². The highest BCUT2D eigenvalue weighted by molar-refractivity contribution is 6.30. The summed E-state index contributed by atoms with van der Waals surface area (Å²) in [5, 5.41) is 4.58. The molecule has 0 aromatic heterocycles. The molecule has 0 fully saturated rings. The summed E-state index contributed by atoms with van der Waals surface area (Å²) < 4.78 is 0. The minimum Gasteiger partial charge on any atom is -0.357 e. The summed E-state index contributed by atoms with van der Waals surface area (Å²) in [7, 11) is 0. The molecule has 0 heterocycles. The summed E-state index contributed by atoms with van der Waals surface area (Å²) in [5.74, 6) is 0.715. The lowest BCUT2D eigenvalue weighted by atomic mass is 10.2. The van der Waals surface area contributed by atoms with Crippen molar-refractivity contribution in [2.24, 2.45) is 5.16 Å². The molecule has 0 atom stereocenters. The number of para-hydroxylation sites is 1. The van der Waals surface area contributed by atoms with E-state index in [1.807, 2.05) is 54.6 Å². The Bertz CT molecular complexity index is 465. The SMILES string of the molecule is Clc1ccc(/C=N/Oc2ccccc2)cc1. The first-order valence-electron chi connectivity index (χ1n) is 4.85. The molecule has 0 spiro atoms. The fourth-order valence-electron chi connectivity index (χ4n) is 1.18. The highest BCUT2D eigenvalue weighted by atomic mass is 35.5. The lowest BCUT2D eigenvalue weighted by Crippen LogP contribution is -1.86. The standard InChI is InChI=1S/C13H10ClNO/c14-12-8-6-11(7-9-12)10-15-16-13-4-2-1-3-5-13/h1-10H/b15-10+. The van der Waals surface area contributed by atoms with E-state index in [9.17, 15) is 0 Å². The van der Waals surface area contributed by atoms with E-state index >= 15 is 0 Å². The Kier molecular flexibility index (Phi) is 3.57. The van der Waals surface area contributed by atoms with Gasteiger partial charge in [0.05, 0.1) is 6.21 Å². The Morgan fingerprint density at radius 1 is 0.938 bits per heavy atom. The third-order valence-electron chi connectivity index (χ3n) is 1.97. The molecular weight excluding hydrogens is 222 g/mol. The number of hydrogen-bond donors (Lipinski definition) is 0. The molecule has 0 saturated heterocycles. The van der Waals surface area contributed by atoms with Crippen molar-refractivity contribution in [3.05, 3.63) is 65.2 Å². The van der Waals surface area contributed by atoms with E-state index in [2.05, 4.69) is 5.16 Å². The maximum Gasteiger partial charge on any atom is 0.157 e. The van der Waals surface area contributed by atoms with Gasteiger partial charge in [-0.2, -0.15) is 0 Å². The predicted octanol–water partition coefficient (Wildman–Crippen LogP) is 3.75. The van der Waals surface area contributed by atoms with Gasteiger partial charge in [0, 0.05) is 5.02 Å². The number of rotatable bonds is 3. The zero-order valence-corrected chi connectivity index (χ0v) is 9.26. The lowest BCUT2D eigenvalue weighted by Gasteiger charge is -1.96. The van der Waals surface area contributed by atoms with Gasteiger partial charge < -0.3 is 4.84 Å². The van der Waals surface area contributed by atoms with E-state index in [1.165, 1.54) is 0 Å². The molecule has 0 aliphatic rings. The minimum absolute atomic E-state index is 0.709. The third kappa shape index (κ3) is 3.11. The van der Waals surface area contributed by atoms with Crippen molar-refractivity contribution < 1.29 is 4.84 Å². The monoisotopic (exact) mass is 231 g/mol. The fourth-order valence-corrected chi connectivity index (χ4v) is 1.30. The summed E-state index contributed by atoms with van der Waals surface area (Å²) in [4.78, 5) is 5.18. The minimum atomic E-state index is 0.709. The van der Waals surface area contributed by atoms with E-state index in [0.29, 0.717) is 10.8 Å². The topological polar surface area (TPSA) is 21.6 Å². The summed E-state index contributed by atoms with van der Waals surface area (Å²) in [5.41, 5.74) is 0.945. The van der Waals surface area contributed by atoms with Gasteiger partial charge in [-0.3, -0.25) is 0 Å². The van der Waals surface area contributed by atoms with Crippen LogP contribution in [0.15, 0.2) is 59.8 Å². The van der Waals surface area contributed by atoms with Gasteiger partial charge in [0.2, 0.25) is 0 Å². The Balaban J connectivity index is 1.98. The molecule has 2 nitrogen and oxygen atoms in total. The van der Waals surface area contributed by atoms with Gasteiger partial charge in [0.15, 0.2) is 5.75 Å². The molecular formula is C13H10ClNO. The van der Waals surface area contributed by atoms with Gasteiger partial charge in [-0.05, 0) is 29.8 Å². The van der Waals surface area contributed by atoms with Gasteiger partial charge in [0.1, 0.15) is 0 Å². The van der Waals surface area contributed by atoms with Crippen LogP contribution in [0.3, 0.4) is 0 Å². The lowest BCUT2D eigenvalue weighted by molar-refractivity contribution is 0.344. The van der Waals surface area contributed by atoms with E-state index in [0.717, 1.165) is 5.56 Å². The molecule has 0 amide bonds. The summed E-state index contributed by atoms with van der Waals surface area (Å²) >= 11 is 5.77. The van der Waals surface area contributed by atoms with E-state index in [1.54, 1.807) is 6.21 Å². The first-order chi connectivity index (χ1) is 7.84. The van der Waals surface area contributed by atoms with Crippen LogP contribution >= 0.6 is 11.6 Å². The molecule has 80 valence electrons. The zero-order chi connectivity index (χ0) is 11.2. The molecule has 0 aliphatic carbocycles. The van der Waals surface area contributed by atoms with Crippen LogP contribution in [0.25, 0.3) is 0 Å². The Hall–Kier alpha value is -1.80. The van der Waals surface area contributed by atoms with Crippen LogP contribution in [-0.2, 0) is 0 Å².